The highest BCUT2D eigenvalue weighted by Gasteiger charge is 2.19. The Morgan fingerprint density at radius 3 is 0.865 bits per heavy atom. The predicted molar refractivity (Wildman–Crippen MR) is 321 cm³/mol. The monoisotopic (exact) mass is 1030 g/mol. The van der Waals surface area contributed by atoms with E-state index in [1.165, 1.54) is 161 Å². The van der Waals surface area contributed by atoms with E-state index in [0.717, 1.165) is 109 Å². The zero-order valence-corrected chi connectivity index (χ0v) is 48.8. The smallest absolute Gasteiger partial charge is 0.306 e. The molecule has 0 radical (unpaired) electrons. The van der Waals surface area contributed by atoms with Gasteiger partial charge < -0.3 is 14.2 Å². The van der Waals surface area contributed by atoms with Gasteiger partial charge in [0.2, 0.25) is 0 Å². The number of carbonyl (C=O) groups is 3. The summed E-state index contributed by atoms with van der Waals surface area (Å²) in [6.45, 7) is 6.51. The maximum Gasteiger partial charge on any atom is 0.306 e. The summed E-state index contributed by atoms with van der Waals surface area (Å²) in [5.41, 5.74) is 0. The molecule has 0 spiro atoms. The molecule has 0 saturated heterocycles. The van der Waals surface area contributed by atoms with Crippen molar-refractivity contribution in [1.29, 1.82) is 0 Å². The normalized spacial score (nSPS) is 12.6. The van der Waals surface area contributed by atoms with Crippen LogP contribution in [0.5, 0.6) is 0 Å². The second-order valence-electron chi connectivity index (χ2n) is 20.9. The summed E-state index contributed by atoms with van der Waals surface area (Å²) in [5, 5.41) is 0. The van der Waals surface area contributed by atoms with Gasteiger partial charge in [-0.3, -0.25) is 14.4 Å². The van der Waals surface area contributed by atoms with Gasteiger partial charge in [0.25, 0.3) is 0 Å². The molecular weight excluding hydrogens is 913 g/mol. The maximum atomic E-state index is 12.9. The lowest BCUT2D eigenvalue weighted by atomic mass is 10.0. The van der Waals surface area contributed by atoms with Crippen LogP contribution in [0.4, 0.5) is 0 Å². The van der Waals surface area contributed by atoms with Crippen molar-refractivity contribution in [3.8, 4) is 0 Å². The van der Waals surface area contributed by atoms with E-state index in [2.05, 4.69) is 106 Å². The number of carbonyl (C=O) groups excluding carboxylic acids is 3. The number of hydrogen-bond acceptors (Lipinski definition) is 6. The molecule has 74 heavy (non-hydrogen) atoms. The van der Waals surface area contributed by atoms with Crippen LogP contribution in [0, 0.1) is 0 Å². The van der Waals surface area contributed by atoms with Crippen LogP contribution in [-0.2, 0) is 28.6 Å². The van der Waals surface area contributed by atoms with Gasteiger partial charge in [-0.15, -0.1) is 0 Å². The first-order valence-corrected chi connectivity index (χ1v) is 31.6. The van der Waals surface area contributed by atoms with Gasteiger partial charge >= 0.3 is 17.9 Å². The van der Waals surface area contributed by atoms with E-state index in [1.807, 2.05) is 0 Å². The zero-order valence-electron chi connectivity index (χ0n) is 48.8. The lowest BCUT2D eigenvalue weighted by molar-refractivity contribution is -0.167. The van der Waals surface area contributed by atoms with Crippen LogP contribution < -0.4 is 0 Å². The molecule has 0 aromatic heterocycles. The van der Waals surface area contributed by atoms with Crippen LogP contribution in [0.2, 0.25) is 0 Å². The zero-order chi connectivity index (χ0) is 53.6. The summed E-state index contributed by atoms with van der Waals surface area (Å²) in [6, 6.07) is 0. The number of ether oxygens (including phenoxy) is 3. The molecule has 0 N–H and O–H groups in total. The van der Waals surface area contributed by atoms with Crippen molar-refractivity contribution in [3.05, 3.63) is 85.1 Å². The maximum absolute atomic E-state index is 12.9. The van der Waals surface area contributed by atoms with Gasteiger partial charge in [0.05, 0.1) is 0 Å². The highest BCUT2D eigenvalue weighted by Crippen LogP contribution is 2.16. The molecular formula is C68H118O6. The van der Waals surface area contributed by atoms with E-state index in [1.54, 1.807) is 0 Å². The molecule has 0 aliphatic carbocycles. The van der Waals surface area contributed by atoms with Crippen molar-refractivity contribution < 1.29 is 28.6 Å². The Morgan fingerprint density at radius 1 is 0.284 bits per heavy atom. The number of hydrogen-bond donors (Lipinski definition) is 0. The highest BCUT2D eigenvalue weighted by molar-refractivity contribution is 5.71. The molecule has 0 saturated carbocycles. The number of allylic oxidation sites excluding steroid dienone is 14. The van der Waals surface area contributed by atoms with Gasteiger partial charge in [-0.25, -0.2) is 0 Å². The van der Waals surface area contributed by atoms with Crippen LogP contribution >= 0.6 is 0 Å². The summed E-state index contributed by atoms with van der Waals surface area (Å²) < 4.78 is 16.9. The Kier molecular flexibility index (Phi) is 59.3. The Labute approximate surface area is 458 Å². The van der Waals surface area contributed by atoms with Crippen LogP contribution in [0.3, 0.4) is 0 Å². The van der Waals surface area contributed by atoms with Gasteiger partial charge in [0.15, 0.2) is 6.10 Å². The fourth-order valence-electron chi connectivity index (χ4n) is 8.87. The highest BCUT2D eigenvalue weighted by atomic mass is 16.6. The van der Waals surface area contributed by atoms with E-state index in [9.17, 15) is 14.4 Å². The molecule has 426 valence electrons. The molecule has 1 atom stereocenters. The molecule has 0 aromatic carbocycles. The number of rotatable bonds is 57. The lowest BCUT2D eigenvalue weighted by Gasteiger charge is -2.18. The molecule has 6 heteroatoms. The molecule has 0 amide bonds. The molecule has 0 rings (SSSR count). The van der Waals surface area contributed by atoms with E-state index < -0.39 is 6.10 Å². The van der Waals surface area contributed by atoms with E-state index in [-0.39, 0.29) is 31.1 Å². The SMILES string of the molecule is CC/C=C\C/C=C\C/C=C\C/C=C\C/C=C\CCCCCCCCCCCCCCCC(=O)OCC(COC(=O)CCCCCCC/C=C\CCCCC)OC(=O)CCCCCCC/C=C\CCCCCCCC. The third-order valence-electron chi connectivity index (χ3n) is 13.6. The molecule has 0 aromatic rings. The minimum absolute atomic E-state index is 0.0810. The second kappa shape index (κ2) is 62.1. The molecule has 1 unspecified atom stereocenters. The van der Waals surface area contributed by atoms with Gasteiger partial charge in [-0.1, -0.05) is 260 Å². The number of esters is 3. The Bertz CT molecular complexity index is 1420. The van der Waals surface area contributed by atoms with Crippen molar-refractivity contribution in [2.24, 2.45) is 0 Å². The molecule has 0 aliphatic heterocycles. The summed E-state index contributed by atoms with van der Waals surface area (Å²) in [4.78, 5) is 38.2. The predicted octanol–water partition coefficient (Wildman–Crippen LogP) is 21.5. The van der Waals surface area contributed by atoms with Crippen LogP contribution in [0.1, 0.15) is 310 Å². The van der Waals surface area contributed by atoms with Gasteiger partial charge in [0, 0.05) is 19.3 Å². The summed E-state index contributed by atoms with van der Waals surface area (Å²) >= 11 is 0. The van der Waals surface area contributed by atoms with E-state index in [0.29, 0.717) is 19.3 Å². The molecule has 0 aliphatic rings. The third kappa shape index (κ3) is 59.5. The first-order valence-electron chi connectivity index (χ1n) is 31.6. The van der Waals surface area contributed by atoms with Crippen LogP contribution in [0.15, 0.2) is 85.1 Å². The summed E-state index contributed by atoms with van der Waals surface area (Å²) in [5.74, 6) is -0.890. The largest absolute Gasteiger partial charge is 0.462 e. The fraction of sp³-hybridized carbons (Fsp3) is 0.750. The van der Waals surface area contributed by atoms with Crippen molar-refractivity contribution >= 4 is 17.9 Å². The van der Waals surface area contributed by atoms with Crippen LogP contribution in [0.25, 0.3) is 0 Å². The fourth-order valence-corrected chi connectivity index (χ4v) is 8.87. The Hall–Kier alpha value is -3.41. The first-order chi connectivity index (χ1) is 36.5. The van der Waals surface area contributed by atoms with Crippen molar-refractivity contribution in [1.82, 2.24) is 0 Å². The molecule has 0 fully saturated rings. The molecule has 6 nitrogen and oxygen atoms in total. The minimum Gasteiger partial charge on any atom is -0.462 e. The van der Waals surface area contributed by atoms with E-state index in [4.69, 9.17) is 14.2 Å². The minimum atomic E-state index is -0.784. The molecule has 0 bridgehead atoms. The van der Waals surface area contributed by atoms with Gasteiger partial charge in [0.1, 0.15) is 13.2 Å². The summed E-state index contributed by atoms with van der Waals surface area (Å²) in [7, 11) is 0. The van der Waals surface area contributed by atoms with Crippen molar-refractivity contribution in [2.75, 3.05) is 13.2 Å². The van der Waals surface area contributed by atoms with Crippen molar-refractivity contribution in [2.45, 2.75) is 316 Å². The number of unbranched alkanes of at least 4 members (excludes halogenated alkanes) is 32. The van der Waals surface area contributed by atoms with Gasteiger partial charge in [-0.2, -0.15) is 0 Å². The third-order valence-corrected chi connectivity index (χ3v) is 13.6. The van der Waals surface area contributed by atoms with Crippen molar-refractivity contribution in [3.63, 3.8) is 0 Å². The summed E-state index contributed by atoms with van der Waals surface area (Å²) in [6.07, 6.45) is 81.6. The lowest BCUT2D eigenvalue weighted by Crippen LogP contribution is -2.30. The topological polar surface area (TPSA) is 78.9 Å². The van der Waals surface area contributed by atoms with E-state index >= 15 is 0 Å². The second-order valence-corrected chi connectivity index (χ2v) is 20.9. The first kappa shape index (κ1) is 70.6. The Morgan fingerprint density at radius 2 is 0.527 bits per heavy atom. The molecule has 0 heterocycles. The Balaban J connectivity index is 4.22. The quantitative estimate of drug-likeness (QED) is 0.0261. The van der Waals surface area contributed by atoms with Gasteiger partial charge in [-0.05, 0) is 116 Å². The average Bonchev–Trinajstić information content (AvgIpc) is 3.40. The average molecular weight is 1030 g/mol. The standard InChI is InChI=1S/C68H118O6/c1-4-7-10-13-16-19-22-25-27-28-29-30-31-32-33-34-35-36-37-38-39-40-42-43-46-49-52-55-58-61-67(70)73-64-65(63-72-66(69)60-57-54-51-48-45-24-21-18-15-12-9-6-3)74-68(71)62-59-56-53-50-47-44-41-26-23-20-17-14-11-8-5-2/h7,10,16,18-19,21,25-27,29-30,32-33,41,65H,4-6,8-9,11-15,17,20,22-24,28,31,34-40,42-64H2,1-3H3/b10-7-,19-16-,21-18-,27-25-,30-29-,33-32-,41-26-. The van der Waals surface area contributed by atoms with Crippen LogP contribution in [-0.4, -0.2) is 37.2 Å².